The molecule has 1 amide bonds. The van der Waals surface area contributed by atoms with Gasteiger partial charge in [0.05, 0.1) is 22.8 Å². The number of non-ortho nitro benzene ring substituents is 1. The normalized spacial score (nSPS) is 10.4. The number of aliphatic hydroxyl groups excluding tert-OH is 1. The Kier molecular flexibility index (Phi) is 5.42. The van der Waals surface area contributed by atoms with Gasteiger partial charge in [0.15, 0.2) is 0 Å². The van der Waals surface area contributed by atoms with Gasteiger partial charge in [-0.25, -0.2) is 0 Å². The largest absolute Gasteiger partial charge is 0.395 e. The van der Waals surface area contributed by atoms with Crippen molar-refractivity contribution in [3.05, 3.63) is 33.9 Å². The summed E-state index contributed by atoms with van der Waals surface area (Å²) in [6.07, 6.45) is 0. The molecule has 8 heteroatoms. The Morgan fingerprint density at radius 2 is 2.20 bits per heavy atom. The van der Waals surface area contributed by atoms with E-state index in [4.69, 9.17) is 10.9 Å². The molecule has 1 aromatic carbocycles. The number of hydrogen-bond donors (Lipinski definition) is 3. The van der Waals surface area contributed by atoms with Gasteiger partial charge >= 0.3 is 0 Å². The molecule has 0 atom stereocenters. The summed E-state index contributed by atoms with van der Waals surface area (Å²) in [5.74, 6) is 4.90. The van der Waals surface area contributed by atoms with Crippen molar-refractivity contribution in [2.75, 3.05) is 18.6 Å². The summed E-state index contributed by atoms with van der Waals surface area (Å²) in [5, 5.41) is 19.8. The number of rotatable bonds is 6. The first-order chi connectivity index (χ1) is 9.42. The predicted octanol–water partition coefficient (Wildman–Crippen LogP) is 0.723. The van der Waals surface area contributed by atoms with Gasteiger partial charge in [0.1, 0.15) is 0 Å². The molecule has 0 saturated carbocycles. The Morgan fingerprint density at radius 3 is 2.65 bits per heavy atom. The highest BCUT2D eigenvalue weighted by Crippen LogP contribution is 2.23. The number of hydrogen-bond acceptors (Lipinski definition) is 6. The minimum atomic E-state index is -0.581. The van der Waals surface area contributed by atoms with E-state index in [2.05, 4.69) is 5.43 Å². The number of nitrogen functional groups attached to an aromatic ring is 1. The molecule has 1 rings (SSSR count). The van der Waals surface area contributed by atoms with Gasteiger partial charge in [-0.05, 0) is 19.9 Å². The van der Waals surface area contributed by atoms with E-state index in [1.807, 2.05) is 0 Å². The van der Waals surface area contributed by atoms with E-state index >= 15 is 0 Å². The number of nitrogens with zero attached hydrogens (tertiary/aromatic N) is 2. The van der Waals surface area contributed by atoms with Gasteiger partial charge in [0.25, 0.3) is 11.6 Å². The van der Waals surface area contributed by atoms with Crippen LogP contribution >= 0.6 is 0 Å². The van der Waals surface area contributed by atoms with Crippen LogP contribution in [0.3, 0.4) is 0 Å². The fourth-order valence-electron chi connectivity index (χ4n) is 1.81. The Bertz CT molecular complexity index is 504. The molecule has 0 bridgehead atoms. The van der Waals surface area contributed by atoms with Crippen LogP contribution in [0, 0.1) is 10.1 Å². The Morgan fingerprint density at radius 1 is 1.55 bits per heavy atom. The summed E-state index contributed by atoms with van der Waals surface area (Å²) in [7, 11) is 0. The van der Waals surface area contributed by atoms with Crippen LogP contribution in [0.25, 0.3) is 0 Å². The molecule has 0 aliphatic heterocycles. The van der Waals surface area contributed by atoms with E-state index in [0.29, 0.717) is 5.69 Å². The third-order valence-electron chi connectivity index (χ3n) is 2.82. The van der Waals surface area contributed by atoms with E-state index < -0.39 is 10.8 Å². The Hall–Kier alpha value is -2.19. The molecule has 0 aliphatic carbocycles. The van der Waals surface area contributed by atoms with Gasteiger partial charge in [0, 0.05) is 24.7 Å². The summed E-state index contributed by atoms with van der Waals surface area (Å²) >= 11 is 0. The molecule has 0 unspecified atom stereocenters. The zero-order valence-corrected chi connectivity index (χ0v) is 11.4. The molecule has 0 fully saturated rings. The molecular formula is C12H18N4O4. The van der Waals surface area contributed by atoms with Gasteiger partial charge in [0.2, 0.25) is 0 Å². The highest BCUT2D eigenvalue weighted by atomic mass is 16.6. The molecule has 110 valence electrons. The van der Waals surface area contributed by atoms with Gasteiger partial charge in [-0.3, -0.25) is 20.8 Å². The van der Waals surface area contributed by atoms with Crippen LogP contribution < -0.4 is 11.3 Å². The molecule has 0 aromatic heterocycles. The van der Waals surface area contributed by atoms with Crippen molar-refractivity contribution in [3.8, 4) is 0 Å². The molecule has 0 radical (unpaired) electrons. The SMILES string of the molecule is CC(C)N(CCO)C(=O)c1cc([N+](=O)[O-])ccc1NN. The average Bonchev–Trinajstić information content (AvgIpc) is 2.42. The van der Waals surface area contributed by atoms with E-state index in [0.717, 1.165) is 0 Å². The minimum Gasteiger partial charge on any atom is -0.395 e. The first kappa shape index (κ1) is 15.9. The first-order valence-electron chi connectivity index (χ1n) is 6.09. The van der Waals surface area contributed by atoms with E-state index in [1.54, 1.807) is 13.8 Å². The van der Waals surface area contributed by atoms with E-state index in [1.165, 1.54) is 23.1 Å². The number of benzene rings is 1. The second-order valence-electron chi connectivity index (χ2n) is 4.45. The summed E-state index contributed by atoms with van der Waals surface area (Å²) in [4.78, 5) is 24.1. The molecule has 4 N–H and O–H groups in total. The van der Waals surface area contributed by atoms with Crippen LogP contribution in [-0.2, 0) is 0 Å². The lowest BCUT2D eigenvalue weighted by Crippen LogP contribution is -2.39. The second kappa shape index (κ2) is 6.83. The van der Waals surface area contributed by atoms with Crippen LogP contribution in [0.4, 0.5) is 11.4 Å². The number of anilines is 1. The van der Waals surface area contributed by atoms with Crippen LogP contribution in [0.2, 0.25) is 0 Å². The molecule has 0 aliphatic rings. The molecule has 20 heavy (non-hydrogen) atoms. The number of carbonyl (C=O) groups is 1. The molecule has 0 heterocycles. The molecule has 0 spiro atoms. The number of carbonyl (C=O) groups excluding carboxylic acids is 1. The second-order valence-corrected chi connectivity index (χ2v) is 4.45. The quantitative estimate of drug-likeness (QED) is 0.401. The Labute approximate surface area is 116 Å². The third kappa shape index (κ3) is 3.43. The van der Waals surface area contributed by atoms with Crippen molar-refractivity contribution >= 4 is 17.3 Å². The number of nitrogens with two attached hydrogens (primary N) is 1. The van der Waals surface area contributed by atoms with Crippen LogP contribution in [-0.4, -0.2) is 40.0 Å². The minimum absolute atomic E-state index is 0.101. The monoisotopic (exact) mass is 282 g/mol. The van der Waals surface area contributed by atoms with Crippen molar-refractivity contribution < 1.29 is 14.8 Å². The zero-order chi connectivity index (χ0) is 15.3. The maximum atomic E-state index is 12.4. The zero-order valence-electron chi connectivity index (χ0n) is 11.4. The van der Waals surface area contributed by atoms with Gasteiger partial charge in [-0.1, -0.05) is 0 Å². The number of nitro benzene ring substituents is 1. The first-order valence-corrected chi connectivity index (χ1v) is 6.09. The lowest BCUT2D eigenvalue weighted by atomic mass is 10.1. The molecule has 0 saturated heterocycles. The van der Waals surface area contributed by atoms with Crippen molar-refractivity contribution in [2.45, 2.75) is 19.9 Å². The third-order valence-corrected chi connectivity index (χ3v) is 2.82. The number of amides is 1. The smallest absolute Gasteiger partial charge is 0.270 e. The topological polar surface area (TPSA) is 122 Å². The summed E-state index contributed by atoms with van der Waals surface area (Å²) in [5.41, 5.74) is 2.55. The maximum Gasteiger partial charge on any atom is 0.270 e. The molecular weight excluding hydrogens is 264 g/mol. The van der Waals surface area contributed by atoms with E-state index in [-0.39, 0.29) is 30.4 Å². The Balaban J connectivity index is 3.23. The van der Waals surface area contributed by atoms with Crippen LogP contribution in [0.5, 0.6) is 0 Å². The average molecular weight is 282 g/mol. The standard InChI is InChI=1S/C12H18N4O4/c1-8(2)15(5-6-17)12(18)10-7-9(16(19)20)3-4-11(10)14-13/h3-4,7-8,14,17H,5-6,13H2,1-2H3. The van der Waals surface area contributed by atoms with Crippen molar-refractivity contribution in [1.29, 1.82) is 0 Å². The fourth-order valence-corrected chi connectivity index (χ4v) is 1.81. The fraction of sp³-hybridized carbons (Fsp3) is 0.417. The van der Waals surface area contributed by atoms with E-state index in [9.17, 15) is 14.9 Å². The summed E-state index contributed by atoms with van der Waals surface area (Å²) in [6, 6.07) is 3.66. The highest BCUT2D eigenvalue weighted by Gasteiger charge is 2.23. The van der Waals surface area contributed by atoms with Crippen molar-refractivity contribution in [1.82, 2.24) is 4.90 Å². The number of aliphatic hydroxyl groups is 1. The van der Waals surface area contributed by atoms with Gasteiger partial charge in [-0.15, -0.1) is 0 Å². The molecule has 8 nitrogen and oxygen atoms in total. The van der Waals surface area contributed by atoms with Crippen LogP contribution in [0.15, 0.2) is 18.2 Å². The summed E-state index contributed by atoms with van der Waals surface area (Å²) in [6.45, 7) is 3.54. The number of nitrogens with one attached hydrogen (secondary N) is 1. The summed E-state index contributed by atoms with van der Waals surface area (Å²) < 4.78 is 0. The van der Waals surface area contributed by atoms with Crippen molar-refractivity contribution in [3.63, 3.8) is 0 Å². The lowest BCUT2D eigenvalue weighted by molar-refractivity contribution is -0.384. The highest BCUT2D eigenvalue weighted by molar-refractivity contribution is 6.00. The van der Waals surface area contributed by atoms with Gasteiger partial charge in [-0.2, -0.15) is 0 Å². The molecule has 1 aromatic rings. The predicted molar refractivity (Wildman–Crippen MR) is 74.2 cm³/mol. The van der Waals surface area contributed by atoms with Gasteiger partial charge < -0.3 is 15.4 Å². The van der Waals surface area contributed by atoms with Crippen LogP contribution in [0.1, 0.15) is 24.2 Å². The maximum absolute atomic E-state index is 12.4. The number of nitro groups is 1. The lowest BCUT2D eigenvalue weighted by Gasteiger charge is -2.26. The van der Waals surface area contributed by atoms with Crippen molar-refractivity contribution in [2.24, 2.45) is 5.84 Å². The number of hydrazine groups is 1.